The normalized spacial score (nSPS) is 37.3. The average Bonchev–Trinajstić information content (AvgIpc) is 2.94. The summed E-state index contributed by atoms with van der Waals surface area (Å²) < 4.78 is 0. The summed E-state index contributed by atoms with van der Waals surface area (Å²) in [6.07, 6.45) is 6.93. The van der Waals surface area contributed by atoms with E-state index >= 15 is 0 Å². The smallest absolute Gasteiger partial charge is 0.223 e. The van der Waals surface area contributed by atoms with Gasteiger partial charge in [-0.3, -0.25) is 4.79 Å². The van der Waals surface area contributed by atoms with Gasteiger partial charge < -0.3 is 10.4 Å². The monoisotopic (exact) mass is 239 g/mol. The number of carbonyl (C=O) groups excluding carboxylic acids is 1. The summed E-state index contributed by atoms with van der Waals surface area (Å²) in [5.74, 6) is 1.95. The molecule has 2 N–H and O–H groups in total. The van der Waals surface area contributed by atoms with Crippen molar-refractivity contribution in [2.24, 2.45) is 23.7 Å². The second-order valence-electron chi connectivity index (χ2n) is 5.89. The molecule has 2 aliphatic rings. The first-order chi connectivity index (χ1) is 8.22. The van der Waals surface area contributed by atoms with E-state index in [1.54, 1.807) is 0 Å². The summed E-state index contributed by atoms with van der Waals surface area (Å²) in [7, 11) is 0. The van der Waals surface area contributed by atoms with E-state index in [0.717, 1.165) is 25.8 Å². The lowest BCUT2D eigenvalue weighted by Gasteiger charge is -2.20. The van der Waals surface area contributed by atoms with Crippen molar-refractivity contribution in [3.05, 3.63) is 0 Å². The van der Waals surface area contributed by atoms with Crippen LogP contribution < -0.4 is 5.32 Å². The maximum absolute atomic E-state index is 12.0. The van der Waals surface area contributed by atoms with E-state index in [0.29, 0.717) is 17.8 Å². The van der Waals surface area contributed by atoms with E-state index in [1.165, 1.54) is 19.3 Å². The van der Waals surface area contributed by atoms with Crippen molar-refractivity contribution in [1.29, 1.82) is 0 Å². The van der Waals surface area contributed by atoms with Gasteiger partial charge in [-0.1, -0.05) is 19.8 Å². The SMILES string of the molecule is CC1CCCC1C(=O)NCC1CCCC1CO. The minimum Gasteiger partial charge on any atom is -0.396 e. The van der Waals surface area contributed by atoms with Crippen molar-refractivity contribution in [3.63, 3.8) is 0 Å². The molecule has 4 unspecified atom stereocenters. The van der Waals surface area contributed by atoms with Crippen molar-refractivity contribution in [2.75, 3.05) is 13.2 Å². The van der Waals surface area contributed by atoms with Crippen LogP contribution in [-0.4, -0.2) is 24.2 Å². The van der Waals surface area contributed by atoms with E-state index < -0.39 is 0 Å². The zero-order valence-corrected chi connectivity index (χ0v) is 10.8. The third-order valence-corrected chi connectivity index (χ3v) is 4.79. The largest absolute Gasteiger partial charge is 0.396 e. The maximum atomic E-state index is 12.0. The van der Waals surface area contributed by atoms with Crippen molar-refractivity contribution in [3.8, 4) is 0 Å². The van der Waals surface area contributed by atoms with Gasteiger partial charge in [0.2, 0.25) is 5.91 Å². The Hall–Kier alpha value is -0.570. The van der Waals surface area contributed by atoms with Crippen molar-refractivity contribution in [1.82, 2.24) is 5.32 Å². The molecule has 0 radical (unpaired) electrons. The van der Waals surface area contributed by atoms with E-state index in [-0.39, 0.29) is 18.4 Å². The Bertz CT molecular complexity index is 267. The lowest BCUT2D eigenvalue weighted by Crippen LogP contribution is -2.36. The third-order valence-electron chi connectivity index (χ3n) is 4.79. The minimum atomic E-state index is 0.240. The van der Waals surface area contributed by atoms with Gasteiger partial charge in [-0.2, -0.15) is 0 Å². The number of aliphatic hydroxyl groups excluding tert-OH is 1. The molecule has 3 nitrogen and oxygen atoms in total. The predicted octanol–water partition coefficient (Wildman–Crippen LogP) is 1.95. The number of hydrogen-bond acceptors (Lipinski definition) is 2. The summed E-state index contributed by atoms with van der Waals surface area (Å²) in [5.41, 5.74) is 0. The maximum Gasteiger partial charge on any atom is 0.223 e. The molecular weight excluding hydrogens is 214 g/mol. The highest BCUT2D eigenvalue weighted by Crippen LogP contribution is 2.33. The second-order valence-corrected chi connectivity index (χ2v) is 5.89. The van der Waals surface area contributed by atoms with Gasteiger partial charge in [0.05, 0.1) is 0 Å². The molecule has 17 heavy (non-hydrogen) atoms. The Morgan fingerprint density at radius 1 is 1.18 bits per heavy atom. The van der Waals surface area contributed by atoms with Crippen LogP contribution in [0.15, 0.2) is 0 Å². The van der Waals surface area contributed by atoms with Gasteiger partial charge in [0.25, 0.3) is 0 Å². The van der Waals surface area contributed by atoms with Crippen molar-refractivity contribution >= 4 is 5.91 Å². The zero-order valence-electron chi connectivity index (χ0n) is 10.8. The number of aliphatic hydroxyl groups is 1. The molecule has 1 amide bonds. The Balaban J connectivity index is 1.76. The fourth-order valence-corrected chi connectivity index (χ4v) is 3.52. The topological polar surface area (TPSA) is 49.3 Å². The Labute approximate surface area is 104 Å². The fraction of sp³-hybridized carbons (Fsp3) is 0.929. The highest BCUT2D eigenvalue weighted by Gasteiger charge is 2.31. The molecule has 0 aliphatic heterocycles. The van der Waals surface area contributed by atoms with Crippen LogP contribution in [0.2, 0.25) is 0 Å². The first-order valence-corrected chi connectivity index (χ1v) is 7.11. The molecule has 2 fully saturated rings. The average molecular weight is 239 g/mol. The van der Waals surface area contributed by atoms with Gasteiger partial charge in [0.15, 0.2) is 0 Å². The lowest BCUT2D eigenvalue weighted by molar-refractivity contribution is -0.126. The summed E-state index contributed by atoms with van der Waals surface area (Å²) in [4.78, 5) is 12.0. The number of rotatable bonds is 4. The molecule has 0 aromatic carbocycles. The van der Waals surface area contributed by atoms with Crippen molar-refractivity contribution in [2.45, 2.75) is 45.4 Å². The minimum absolute atomic E-state index is 0.240. The van der Waals surface area contributed by atoms with Crippen LogP contribution in [0.5, 0.6) is 0 Å². The highest BCUT2D eigenvalue weighted by molar-refractivity contribution is 5.79. The molecule has 0 bridgehead atoms. The third kappa shape index (κ3) is 3.01. The van der Waals surface area contributed by atoms with E-state index in [2.05, 4.69) is 12.2 Å². The number of amides is 1. The summed E-state index contributed by atoms with van der Waals surface area (Å²) in [6.45, 7) is 3.23. The summed E-state index contributed by atoms with van der Waals surface area (Å²) in [5, 5.41) is 12.4. The Morgan fingerprint density at radius 2 is 1.88 bits per heavy atom. The van der Waals surface area contributed by atoms with Crippen LogP contribution in [0.3, 0.4) is 0 Å². The second kappa shape index (κ2) is 5.85. The molecule has 3 heteroatoms. The van der Waals surface area contributed by atoms with Gasteiger partial charge in [0.1, 0.15) is 0 Å². The molecule has 0 saturated heterocycles. The lowest BCUT2D eigenvalue weighted by atomic mass is 9.95. The molecule has 0 aromatic heterocycles. The number of nitrogens with one attached hydrogen (secondary N) is 1. The van der Waals surface area contributed by atoms with Gasteiger partial charge in [-0.25, -0.2) is 0 Å². The number of carbonyl (C=O) groups is 1. The van der Waals surface area contributed by atoms with Crippen LogP contribution >= 0.6 is 0 Å². The highest BCUT2D eigenvalue weighted by atomic mass is 16.3. The quantitative estimate of drug-likeness (QED) is 0.787. The predicted molar refractivity (Wildman–Crippen MR) is 67.4 cm³/mol. The van der Waals surface area contributed by atoms with Gasteiger partial charge in [-0.15, -0.1) is 0 Å². The first-order valence-electron chi connectivity index (χ1n) is 7.11. The zero-order chi connectivity index (χ0) is 12.3. The van der Waals surface area contributed by atoms with Crippen LogP contribution in [0.4, 0.5) is 0 Å². The van der Waals surface area contributed by atoms with Crippen LogP contribution in [0.25, 0.3) is 0 Å². The molecular formula is C14H25NO2. The van der Waals surface area contributed by atoms with Gasteiger partial charge in [0, 0.05) is 19.1 Å². The number of hydrogen-bond donors (Lipinski definition) is 2. The van der Waals surface area contributed by atoms with E-state index in [1.807, 2.05) is 0 Å². The fourth-order valence-electron chi connectivity index (χ4n) is 3.52. The van der Waals surface area contributed by atoms with Crippen LogP contribution in [-0.2, 0) is 4.79 Å². The molecule has 0 spiro atoms. The van der Waals surface area contributed by atoms with Gasteiger partial charge in [-0.05, 0) is 43.4 Å². The summed E-state index contributed by atoms with van der Waals surface area (Å²) >= 11 is 0. The van der Waals surface area contributed by atoms with E-state index in [9.17, 15) is 9.90 Å². The molecule has 2 saturated carbocycles. The standard InChI is InChI=1S/C14H25NO2/c1-10-4-2-7-13(10)14(17)15-8-11-5-3-6-12(11)9-16/h10-13,16H,2-9H2,1H3,(H,15,17). The van der Waals surface area contributed by atoms with Crippen LogP contribution in [0.1, 0.15) is 45.4 Å². The Morgan fingerprint density at radius 3 is 2.53 bits per heavy atom. The van der Waals surface area contributed by atoms with Gasteiger partial charge >= 0.3 is 0 Å². The molecule has 2 aliphatic carbocycles. The van der Waals surface area contributed by atoms with Crippen molar-refractivity contribution < 1.29 is 9.90 Å². The molecule has 98 valence electrons. The van der Waals surface area contributed by atoms with Crippen LogP contribution in [0, 0.1) is 23.7 Å². The Kier molecular flexibility index (Phi) is 4.43. The molecule has 0 aromatic rings. The van der Waals surface area contributed by atoms with E-state index in [4.69, 9.17) is 0 Å². The molecule has 2 rings (SSSR count). The summed E-state index contributed by atoms with van der Waals surface area (Å²) in [6, 6.07) is 0. The molecule has 4 atom stereocenters. The molecule has 0 heterocycles. The first kappa shape index (κ1) is 12.9.